The van der Waals surface area contributed by atoms with E-state index in [9.17, 15) is 25.0 Å². The molecule has 1 heterocycles. The molecule has 0 saturated carbocycles. The van der Waals surface area contributed by atoms with E-state index in [2.05, 4.69) is 11.6 Å². The smallest absolute Gasteiger partial charge is 0.279 e. The molecule has 0 bridgehead atoms. The molecule has 0 aliphatic rings. The number of carbonyl (C=O) groups excluding carboxylic acids is 1. The van der Waals surface area contributed by atoms with Gasteiger partial charge in [0.15, 0.2) is 4.80 Å². The van der Waals surface area contributed by atoms with E-state index in [1.807, 2.05) is 0 Å². The second-order valence-corrected chi connectivity index (χ2v) is 6.43. The van der Waals surface area contributed by atoms with Crippen molar-refractivity contribution >= 4 is 38.8 Å². The molecule has 136 valence electrons. The van der Waals surface area contributed by atoms with Gasteiger partial charge in [-0.3, -0.25) is 25.0 Å². The zero-order valence-corrected chi connectivity index (χ0v) is 14.6. The molecule has 0 spiro atoms. The maximum atomic E-state index is 12.5. The fraction of sp³-hybridized carbons (Fsp3) is 0.0588. The van der Waals surface area contributed by atoms with Gasteiger partial charge in [-0.2, -0.15) is 4.99 Å². The predicted octanol–water partition coefficient (Wildman–Crippen LogP) is 3.45. The molecule has 0 aliphatic heterocycles. The van der Waals surface area contributed by atoms with Crippen LogP contribution < -0.4 is 4.80 Å². The number of rotatable bonds is 5. The number of nitro benzene ring substituents is 2. The maximum absolute atomic E-state index is 12.5. The first-order valence-corrected chi connectivity index (χ1v) is 8.44. The van der Waals surface area contributed by atoms with Crippen LogP contribution in [0.2, 0.25) is 0 Å². The Kier molecular flexibility index (Phi) is 4.90. The summed E-state index contributed by atoms with van der Waals surface area (Å²) >= 11 is 1.12. The lowest BCUT2D eigenvalue weighted by atomic mass is 10.2. The third kappa shape index (κ3) is 3.65. The van der Waals surface area contributed by atoms with E-state index >= 15 is 0 Å². The van der Waals surface area contributed by atoms with Crippen molar-refractivity contribution in [2.75, 3.05) is 0 Å². The van der Waals surface area contributed by atoms with E-state index in [1.165, 1.54) is 30.3 Å². The Bertz CT molecular complexity index is 1160. The molecule has 2 aromatic carbocycles. The minimum Gasteiger partial charge on any atom is -0.312 e. The van der Waals surface area contributed by atoms with Gasteiger partial charge in [-0.15, -0.1) is 6.58 Å². The van der Waals surface area contributed by atoms with Crippen molar-refractivity contribution in [3.05, 3.63) is 85.7 Å². The normalized spacial score (nSPS) is 11.5. The van der Waals surface area contributed by atoms with Crippen molar-refractivity contribution in [3.8, 4) is 0 Å². The Morgan fingerprint density at radius 1 is 1.15 bits per heavy atom. The third-order valence-electron chi connectivity index (χ3n) is 3.69. The SMILES string of the molecule is C=CCn1c(=NC(=O)c2cccc([N+](=O)[O-])c2)sc2cc([N+](=O)[O-])ccc21. The lowest BCUT2D eigenvalue weighted by molar-refractivity contribution is -0.385. The molecule has 27 heavy (non-hydrogen) atoms. The molecule has 0 aliphatic carbocycles. The molecular formula is C17H12N4O5S. The van der Waals surface area contributed by atoms with Crippen LogP contribution in [0.15, 0.2) is 60.1 Å². The van der Waals surface area contributed by atoms with Crippen molar-refractivity contribution in [2.24, 2.45) is 4.99 Å². The quantitative estimate of drug-likeness (QED) is 0.379. The van der Waals surface area contributed by atoms with Crippen LogP contribution in [0.25, 0.3) is 10.2 Å². The van der Waals surface area contributed by atoms with Gasteiger partial charge in [-0.1, -0.05) is 23.5 Å². The zero-order chi connectivity index (χ0) is 19.6. The highest BCUT2D eigenvalue weighted by Crippen LogP contribution is 2.23. The van der Waals surface area contributed by atoms with Crippen LogP contribution in [0.1, 0.15) is 10.4 Å². The molecule has 3 aromatic rings. The Labute approximate surface area is 155 Å². The van der Waals surface area contributed by atoms with Crippen LogP contribution in [0, 0.1) is 20.2 Å². The minimum atomic E-state index is -0.641. The molecule has 0 radical (unpaired) electrons. The number of benzene rings is 2. The van der Waals surface area contributed by atoms with Gasteiger partial charge in [0.1, 0.15) is 0 Å². The summed E-state index contributed by atoms with van der Waals surface area (Å²) in [4.78, 5) is 37.6. The maximum Gasteiger partial charge on any atom is 0.279 e. The Hall–Kier alpha value is -3.66. The van der Waals surface area contributed by atoms with Gasteiger partial charge in [-0.05, 0) is 12.1 Å². The molecule has 1 amide bonds. The lowest BCUT2D eigenvalue weighted by Crippen LogP contribution is -2.16. The van der Waals surface area contributed by atoms with Gasteiger partial charge >= 0.3 is 0 Å². The van der Waals surface area contributed by atoms with Gasteiger partial charge in [0.25, 0.3) is 17.3 Å². The molecule has 0 saturated heterocycles. The monoisotopic (exact) mass is 384 g/mol. The number of carbonyl (C=O) groups is 1. The minimum absolute atomic E-state index is 0.0638. The molecule has 0 unspecified atom stereocenters. The van der Waals surface area contributed by atoms with Gasteiger partial charge in [-0.25, -0.2) is 0 Å². The fourth-order valence-corrected chi connectivity index (χ4v) is 3.54. The number of nitro groups is 2. The second-order valence-electron chi connectivity index (χ2n) is 5.42. The van der Waals surface area contributed by atoms with E-state index < -0.39 is 15.8 Å². The largest absolute Gasteiger partial charge is 0.312 e. The number of hydrogen-bond donors (Lipinski definition) is 0. The van der Waals surface area contributed by atoms with E-state index in [4.69, 9.17) is 0 Å². The van der Waals surface area contributed by atoms with Gasteiger partial charge < -0.3 is 4.57 Å². The highest BCUT2D eigenvalue weighted by molar-refractivity contribution is 7.16. The summed E-state index contributed by atoms with van der Waals surface area (Å²) in [6, 6.07) is 9.67. The molecule has 3 rings (SSSR count). The summed E-state index contributed by atoms with van der Waals surface area (Å²) in [5, 5.41) is 21.8. The number of hydrogen-bond acceptors (Lipinski definition) is 6. The van der Waals surface area contributed by atoms with Crippen molar-refractivity contribution in [1.82, 2.24) is 4.57 Å². The van der Waals surface area contributed by atoms with E-state index in [0.29, 0.717) is 21.6 Å². The first kappa shape index (κ1) is 18.1. The number of fused-ring (bicyclic) bond motifs is 1. The first-order chi connectivity index (χ1) is 12.9. The van der Waals surface area contributed by atoms with Crippen LogP contribution in [0.4, 0.5) is 11.4 Å². The Morgan fingerprint density at radius 3 is 2.52 bits per heavy atom. The van der Waals surface area contributed by atoms with Crippen LogP contribution in [0.5, 0.6) is 0 Å². The molecular weight excluding hydrogens is 372 g/mol. The Morgan fingerprint density at radius 2 is 1.85 bits per heavy atom. The highest BCUT2D eigenvalue weighted by atomic mass is 32.1. The van der Waals surface area contributed by atoms with Crippen molar-refractivity contribution in [3.63, 3.8) is 0 Å². The fourth-order valence-electron chi connectivity index (χ4n) is 2.47. The van der Waals surface area contributed by atoms with Gasteiger partial charge in [0.2, 0.25) is 0 Å². The Balaban J connectivity index is 2.14. The van der Waals surface area contributed by atoms with Gasteiger partial charge in [0.05, 0.1) is 20.1 Å². The second kappa shape index (κ2) is 7.30. The topological polar surface area (TPSA) is 121 Å². The standard InChI is InChI=1S/C17H12N4O5S/c1-2-8-19-14-7-6-13(21(25)26)10-15(14)27-17(19)18-16(22)11-4-3-5-12(9-11)20(23)24/h2-7,9-10H,1,8H2. The molecule has 10 heteroatoms. The number of nitrogens with zero attached hydrogens (tertiary/aromatic N) is 4. The summed E-state index contributed by atoms with van der Waals surface area (Å²) < 4.78 is 2.29. The molecule has 0 atom stereocenters. The molecule has 1 aromatic heterocycles. The molecule has 0 fully saturated rings. The van der Waals surface area contributed by atoms with Crippen molar-refractivity contribution in [1.29, 1.82) is 0 Å². The summed E-state index contributed by atoms with van der Waals surface area (Å²) in [6.07, 6.45) is 1.62. The van der Waals surface area contributed by atoms with Crippen molar-refractivity contribution in [2.45, 2.75) is 6.54 Å². The average Bonchev–Trinajstić information content (AvgIpc) is 2.98. The number of amides is 1. The summed E-state index contributed by atoms with van der Waals surface area (Å²) in [5.74, 6) is -0.641. The molecule has 0 N–H and O–H groups in total. The van der Waals surface area contributed by atoms with E-state index in [-0.39, 0.29) is 16.9 Å². The predicted molar refractivity (Wildman–Crippen MR) is 99.7 cm³/mol. The van der Waals surface area contributed by atoms with Crippen LogP contribution >= 0.6 is 11.3 Å². The highest BCUT2D eigenvalue weighted by Gasteiger charge is 2.14. The first-order valence-electron chi connectivity index (χ1n) is 7.63. The summed E-state index contributed by atoms with van der Waals surface area (Å²) in [6.45, 7) is 4.02. The van der Waals surface area contributed by atoms with Crippen LogP contribution in [0.3, 0.4) is 0 Å². The van der Waals surface area contributed by atoms with Crippen LogP contribution in [-0.4, -0.2) is 20.3 Å². The lowest BCUT2D eigenvalue weighted by Gasteiger charge is -2.01. The number of allylic oxidation sites excluding steroid dienone is 1. The van der Waals surface area contributed by atoms with E-state index in [1.54, 1.807) is 16.7 Å². The summed E-state index contributed by atoms with van der Waals surface area (Å²) in [5.41, 5.74) is 0.488. The average molecular weight is 384 g/mol. The zero-order valence-electron chi connectivity index (χ0n) is 13.8. The number of aromatic nitrogens is 1. The molecule has 9 nitrogen and oxygen atoms in total. The third-order valence-corrected chi connectivity index (χ3v) is 4.73. The van der Waals surface area contributed by atoms with Gasteiger partial charge in [0, 0.05) is 36.4 Å². The summed E-state index contributed by atoms with van der Waals surface area (Å²) in [7, 11) is 0. The van der Waals surface area contributed by atoms with Crippen LogP contribution in [-0.2, 0) is 6.54 Å². The number of thiazole rings is 1. The van der Waals surface area contributed by atoms with Crippen molar-refractivity contribution < 1.29 is 14.6 Å². The number of non-ortho nitro benzene ring substituents is 2. The van der Waals surface area contributed by atoms with E-state index in [0.717, 1.165) is 17.4 Å².